The zero-order valence-corrected chi connectivity index (χ0v) is 10.6. The molecule has 1 aromatic rings. The fourth-order valence-electron chi connectivity index (χ4n) is 1.29. The summed E-state index contributed by atoms with van der Waals surface area (Å²) in [4.78, 5) is 15.6. The number of aliphatic hydroxyl groups is 1. The van der Waals surface area contributed by atoms with Gasteiger partial charge in [0.15, 0.2) is 0 Å². The Balaban J connectivity index is 2.79. The predicted molar refractivity (Wildman–Crippen MR) is 65.1 cm³/mol. The number of hydrogen-bond donors (Lipinski definition) is 2. The van der Waals surface area contributed by atoms with Gasteiger partial charge in [-0.2, -0.15) is 0 Å². The van der Waals surface area contributed by atoms with Gasteiger partial charge in [0.25, 0.3) is 0 Å². The molecule has 5 nitrogen and oxygen atoms in total. The zero-order valence-electron chi connectivity index (χ0n) is 10.6. The highest BCUT2D eigenvalue weighted by Gasteiger charge is 2.14. The molecule has 0 bridgehead atoms. The molecule has 0 fully saturated rings. The van der Waals surface area contributed by atoms with Crippen molar-refractivity contribution in [3.8, 4) is 0 Å². The fourth-order valence-corrected chi connectivity index (χ4v) is 1.29. The van der Waals surface area contributed by atoms with Crippen molar-refractivity contribution in [3.63, 3.8) is 0 Å². The van der Waals surface area contributed by atoms with Gasteiger partial charge in [0.1, 0.15) is 5.82 Å². The first-order valence-corrected chi connectivity index (χ1v) is 5.36. The maximum absolute atomic E-state index is 11.3. The highest BCUT2D eigenvalue weighted by Crippen LogP contribution is 2.12. The lowest BCUT2D eigenvalue weighted by Crippen LogP contribution is -2.29. The maximum atomic E-state index is 11.3. The van der Waals surface area contributed by atoms with E-state index in [1.54, 1.807) is 32.9 Å². The van der Waals surface area contributed by atoms with Gasteiger partial charge >= 0.3 is 5.97 Å². The molecule has 0 aliphatic rings. The zero-order chi connectivity index (χ0) is 13.1. The minimum atomic E-state index is -0.809. The highest BCUT2D eigenvalue weighted by molar-refractivity contribution is 5.90. The lowest BCUT2D eigenvalue weighted by atomic mass is 10.1. The first-order chi connectivity index (χ1) is 7.83. The van der Waals surface area contributed by atoms with Crippen molar-refractivity contribution in [1.29, 1.82) is 0 Å². The summed E-state index contributed by atoms with van der Waals surface area (Å²) in [6.45, 7) is 5.53. The van der Waals surface area contributed by atoms with Crippen molar-refractivity contribution in [2.24, 2.45) is 0 Å². The summed E-state index contributed by atoms with van der Waals surface area (Å²) < 4.78 is 4.63. The second-order valence-electron chi connectivity index (χ2n) is 4.49. The SMILES string of the molecule is COC(=O)c1ccc(NCC(C)(C)O)nc1C. The minimum absolute atomic E-state index is 0.386. The Morgan fingerprint density at radius 1 is 1.53 bits per heavy atom. The standard InChI is InChI=1S/C12H18N2O3/c1-8-9(11(15)17-4)5-6-10(14-8)13-7-12(2,3)16/h5-6,16H,7H2,1-4H3,(H,13,14). The number of carbonyl (C=O) groups is 1. The van der Waals surface area contributed by atoms with Crippen molar-refractivity contribution in [2.45, 2.75) is 26.4 Å². The van der Waals surface area contributed by atoms with Gasteiger partial charge in [0.05, 0.1) is 24.0 Å². The first-order valence-electron chi connectivity index (χ1n) is 5.36. The van der Waals surface area contributed by atoms with Crippen LogP contribution in [0.5, 0.6) is 0 Å². The van der Waals surface area contributed by atoms with E-state index in [2.05, 4.69) is 15.0 Å². The number of aromatic nitrogens is 1. The number of esters is 1. The molecule has 0 aliphatic carbocycles. The molecule has 0 unspecified atom stereocenters. The van der Waals surface area contributed by atoms with E-state index in [1.165, 1.54) is 7.11 Å². The molecule has 0 atom stereocenters. The maximum Gasteiger partial charge on any atom is 0.339 e. The van der Waals surface area contributed by atoms with Gasteiger partial charge in [0, 0.05) is 6.54 Å². The van der Waals surface area contributed by atoms with Gasteiger partial charge in [-0.1, -0.05) is 0 Å². The monoisotopic (exact) mass is 238 g/mol. The smallest absolute Gasteiger partial charge is 0.339 e. The minimum Gasteiger partial charge on any atom is -0.465 e. The van der Waals surface area contributed by atoms with Crippen LogP contribution >= 0.6 is 0 Å². The average molecular weight is 238 g/mol. The summed E-state index contributed by atoms with van der Waals surface area (Å²) in [5.41, 5.74) is 0.232. The van der Waals surface area contributed by atoms with Crippen LogP contribution in [0.15, 0.2) is 12.1 Å². The van der Waals surface area contributed by atoms with Crippen LogP contribution in [0.4, 0.5) is 5.82 Å². The highest BCUT2D eigenvalue weighted by atomic mass is 16.5. The predicted octanol–water partition coefficient (Wildman–Crippen LogP) is 1.36. The molecule has 0 spiro atoms. The van der Waals surface area contributed by atoms with Crippen molar-refractivity contribution >= 4 is 11.8 Å². The van der Waals surface area contributed by atoms with Crippen LogP contribution in [-0.2, 0) is 4.74 Å². The number of hydrogen-bond acceptors (Lipinski definition) is 5. The van der Waals surface area contributed by atoms with E-state index in [0.29, 0.717) is 23.6 Å². The summed E-state index contributed by atoms with van der Waals surface area (Å²) in [6.07, 6.45) is 0. The molecule has 1 heterocycles. The number of carbonyl (C=O) groups excluding carboxylic acids is 1. The van der Waals surface area contributed by atoms with Crippen molar-refractivity contribution in [3.05, 3.63) is 23.4 Å². The third-order valence-electron chi connectivity index (χ3n) is 2.19. The van der Waals surface area contributed by atoms with Crippen LogP contribution in [-0.4, -0.2) is 35.3 Å². The summed E-state index contributed by atoms with van der Waals surface area (Å²) >= 11 is 0. The Morgan fingerprint density at radius 3 is 2.65 bits per heavy atom. The summed E-state index contributed by atoms with van der Waals surface area (Å²) in [7, 11) is 1.34. The number of rotatable bonds is 4. The normalized spacial score (nSPS) is 11.1. The van der Waals surface area contributed by atoms with E-state index in [1.807, 2.05) is 0 Å². The number of nitrogens with one attached hydrogen (secondary N) is 1. The molecule has 0 aliphatic heterocycles. The van der Waals surface area contributed by atoms with Gasteiger partial charge in [-0.3, -0.25) is 0 Å². The Kier molecular flexibility index (Phi) is 4.07. The van der Waals surface area contributed by atoms with Gasteiger partial charge in [-0.15, -0.1) is 0 Å². The van der Waals surface area contributed by atoms with Crippen LogP contribution in [0, 0.1) is 6.92 Å². The molecule has 0 radical (unpaired) electrons. The Labute approximate surface area is 101 Å². The van der Waals surface area contributed by atoms with Gasteiger partial charge < -0.3 is 15.2 Å². The van der Waals surface area contributed by atoms with Crippen molar-refractivity contribution < 1.29 is 14.6 Å². The van der Waals surface area contributed by atoms with E-state index >= 15 is 0 Å². The Hall–Kier alpha value is -1.62. The number of methoxy groups -OCH3 is 1. The van der Waals surface area contributed by atoms with Crippen molar-refractivity contribution in [2.75, 3.05) is 19.0 Å². The van der Waals surface area contributed by atoms with Gasteiger partial charge in [0.2, 0.25) is 0 Å². The average Bonchev–Trinajstić information content (AvgIpc) is 2.24. The molecule has 17 heavy (non-hydrogen) atoms. The molecule has 0 saturated heterocycles. The van der Waals surface area contributed by atoms with Gasteiger partial charge in [-0.05, 0) is 32.9 Å². The Bertz CT molecular complexity index is 411. The number of pyridine rings is 1. The van der Waals surface area contributed by atoms with E-state index in [-0.39, 0.29) is 0 Å². The van der Waals surface area contributed by atoms with Crippen LogP contribution in [0.2, 0.25) is 0 Å². The third-order valence-corrected chi connectivity index (χ3v) is 2.19. The molecule has 1 aromatic heterocycles. The topological polar surface area (TPSA) is 71.5 Å². The number of anilines is 1. The summed E-state index contributed by atoms with van der Waals surface area (Å²) in [6, 6.07) is 3.34. The fraction of sp³-hybridized carbons (Fsp3) is 0.500. The quantitative estimate of drug-likeness (QED) is 0.775. The van der Waals surface area contributed by atoms with Gasteiger partial charge in [-0.25, -0.2) is 9.78 Å². The van der Waals surface area contributed by atoms with E-state index in [9.17, 15) is 9.90 Å². The molecular formula is C12H18N2O3. The number of ether oxygens (including phenoxy) is 1. The molecule has 94 valence electrons. The Morgan fingerprint density at radius 2 is 2.18 bits per heavy atom. The third kappa shape index (κ3) is 4.03. The molecule has 1 rings (SSSR count). The van der Waals surface area contributed by atoms with Crippen LogP contribution in [0.1, 0.15) is 29.9 Å². The molecule has 0 aromatic carbocycles. The van der Waals surface area contributed by atoms with Crippen LogP contribution in [0.3, 0.4) is 0 Å². The number of aryl methyl sites for hydroxylation is 1. The molecule has 0 amide bonds. The largest absolute Gasteiger partial charge is 0.465 e. The summed E-state index contributed by atoms with van der Waals surface area (Å²) in [5, 5.41) is 12.6. The second-order valence-corrected chi connectivity index (χ2v) is 4.49. The van der Waals surface area contributed by atoms with E-state index in [0.717, 1.165) is 0 Å². The van der Waals surface area contributed by atoms with Crippen LogP contribution < -0.4 is 5.32 Å². The first kappa shape index (κ1) is 13.4. The summed E-state index contributed by atoms with van der Waals surface area (Å²) in [5.74, 6) is 0.223. The van der Waals surface area contributed by atoms with Crippen molar-refractivity contribution in [1.82, 2.24) is 4.98 Å². The molecule has 2 N–H and O–H groups in total. The molecular weight excluding hydrogens is 220 g/mol. The second kappa shape index (κ2) is 5.14. The molecule has 5 heteroatoms. The molecule has 0 saturated carbocycles. The lowest BCUT2D eigenvalue weighted by Gasteiger charge is -2.18. The van der Waals surface area contributed by atoms with Crippen LogP contribution in [0.25, 0.3) is 0 Å². The number of nitrogens with zero attached hydrogens (tertiary/aromatic N) is 1. The van der Waals surface area contributed by atoms with E-state index in [4.69, 9.17) is 0 Å². The van der Waals surface area contributed by atoms with E-state index < -0.39 is 11.6 Å². The lowest BCUT2D eigenvalue weighted by molar-refractivity contribution is 0.0599.